The van der Waals surface area contributed by atoms with Gasteiger partial charge in [0.05, 0.1) is 33.5 Å². The number of morpholine rings is 1. The van der Waals surface area contributed by atoms with Crippen LogP contribution in [0.4, 0.5) is 0 Å². The second-order valence-electron chi connectivity index (χ2n) is 6.01. The third-order valence-electron chi connectivity index (χ3n) is 4.09. The van der Waals surface area contributed by atoms with E-state index >= 15 is 0 Å². The Bertz CT molecular complexity index is 571. The Labute approximate surface area is 173 Å². The van der Waals surface area contributed by atoms with Gasteiger partial charge in [-0.3, -0.25) is 0 Å². The highest BCUT2D eigenvalue weighted by Gasteiger charge is 2.17. The Morgan fingerprint density at radius 3 is 2.77 bits per heavy atom. The van der Waals surface area contributed by atoms with E-state index in [0.717, 1.165) is 55.8 Å². The number of guanidine groups is 1. The van der Waals surface area contributed by atoms with Crippen molar-refractivity contribution in [2.24, 2.45) is 4.99 Å². The maximum atomic E-state index is 5.78. The molecule has 0 aromatic heterocycles. The van der Waals surface area contributed by atoms with Gasteiger partial charge in [-0.2, -0.15) is 0 Å². The predicted octanol–water partition coefficient (Wildman–Crippen LogP) is 1.71. The molecule has 1 aliphatic heterocycles. The average Bonchev–Trinajstić information content (AvgIpc) is 2.64. The van der Waals surface area contributed by atoms with Crippen LogP contribution in [0.1, 0.15) is 12.5 Å². The van der Waals surface area contributed by atoms with Crippen LogP contribution in [0.15, 0.2) is 23.2 Å². The number of nitrogens with zero attached hydrogens (tertiary/aromatic N) is 2. The van der Waals surface area contributed by atoms with Crippen molar-refractivity contribution in [2.75, 3.05) is 54.1 Å². The van der Waals surface area contributed by atoms with Crippen LogP contribution in [0, 0.1) is 0 Å². The van der Waals surface area contributed by atoms with Crippen LogP contribution in [0.25, 0.3) is 0 Å². The van der Waals surface area contributed by atoms with Crippen LogP contribution in [-0.4, -0.2) is 71.0 Å². The fraction of sp³-hybridized carbons (Fsp3) is 0.611. The number of hydrogen-bond acceptors (Lipinski definition) is 5. The Morgan fingerprint density at radius 2 is 2.12 bits per heavy atom. The lowest BCUT2D eigenvalue weighted by molar-refractivity contribution is -0.0161. The molecule has 0 amide bonds. The van der Waals surface area contributed by atoms with Crippen molar-refractivity contribution >= 4 is 29.9 Å². The van der Waals surface area contributed by atoms with Gasteiger partial charge >= 0.3 is 0 Å². The molecule has 0 spiro atoms. The summed E-state index contributed by atoms with van der Waals surface area (Å²) in [6.07, 6.45) is 0.179. The second kappa shape index (κ2) is 12.2. The van der Waals surface area contributed by atoms with Crippen molar-refractivity contribution < 1.29 is 14.2 Å². The molecule has 8 heteroatoms. The van der Waals surface area contributed by atoms with Crippen LogP contribution in [0.2, 0.25) is 0 Å². The summed E-state index contributed by atoms with van der Waals surface area (Å²) in [4.78, 5) is 6.94. The summed E-state index contributed by atoms with van der Waals surface area (Å²) in [6, 6.07) is 5.76. The molecule has 1 aromatic rings. The first-order valence-electron chi connectivity index (χ1n) is 8.69. The topological polar surface area (TPSA) is 67.4 Å². The van der Waals surface area contributed by atoms with E-state index in [1.807, 2.05) is 18.2 Å². The quantitative estimate of drug-likeness (QED) is 0.354. The minimum Gasteiger partial charge on any atom is -0.497 e. The Hall–Kier alpha value is -1.26. The molecular formula is C18H31IN4O3. The van der Waals surface area contributed by atoms with E-state index in [4.69, 9.17) is 14.2 Å². The largest absolute Gasteiger partial charge is 0.497 e. The van der Waals surface area contributed by atoms with Crippen LogP contribution in [0.3, 0.4) is 0 Å². The van der Waals surface area contributed by atoms with E-state index in [2.05, 4.69) is 34.5 Å². The van der Waals surface area contributed by atoms with Crippen LogP contribution in [-0.2, 0) is 11.3 Å². The van der Waals surface area contributed by atoms with E-state index in [1.54, 1.807) is 14.2 Å². The number of methoxy groups -OCH3 is 2. The van der Waals surface area contributed by atoms with Crippen molar-refractivity contribution in [2.45, 2.75) is 19.6 Å². The highest BCUT2D eigenvalue weighted by atomic mass is 127. The summed E-state index contributed by atoms with van der Waals surface area (Å²) < 4.78 is 16.4. The van der Waals surface area contributed by atoms with Gasteiger partial charge in [-0.25, -0.2) is 4.99 Å². The molecular weight excluding hydrogens is 447 g/mol. The van der Waals surface area contributed by atoms with Crippen LogP contribution < -0.4 is 20.1 Å². The predicted molar refractivity (Wildman–Crippen MR) is 115 cm³/mol. The maximum Gasteiger partial charge on any atom is 0.191 e. The molecule has 7 nitrogen and oxygen atoms in total. The highest BCUT2D eigenvalue weighted by Crippen LogP contribution is 2.25. The summed E-state index contributed by atoms with van der Waals surface area (Å²) in [5.74, 6) is 2.32. The standard InChI is InChI=1S/C18H30N4O3.HI/c1-5-19-18(21-12-16-13-22(2)8-9-25-16)20-11-14-6-7-15(23-3)10-17(14)24-4;/h6-7,10,16H,5,8-9,11-13H2,1-4H3,(H2,19,20,21);1H. The van der Waals surface area contributed by atoms with Crippen molar-refractivity contribution in [3.05, 3.63) is 23.8 Å². The molecule has 0 saturated carbocycles. The second-order valence-corrected chi connectivity index (χ2v) is 6.01. The third kappa shape index (κ3) is 7.16. The zero-order valence-electron chi connectivity index (χ0n) is 16.1. The lowest BCUT2D eigenvalue weighted by Gasteiger charge is -2.30. The first-order valence-corrected chi connectivity index (χ1v) is 8.69. The summed E-state index contributed by atoms with van der Waals surface area (Å²) in [6.45, 7) is 6.80. The first-order chi connectivity index (χ1) is 12.2. The van der Waals surface area contributed by atoms with Gasteiger partial charge in [0.25, 0.3) is 0 Å². The molecule has 1 unspecified atom stereocenters. The maximum absolute atomic E-state index is 5.78. The molecule has 1 atom stereocenters. The summed E-state index contributed by atoms with van der Waals surface area (Å²) in [7, 11) is 5.41. The molecule has 2 rings (SSSR count). The number of aliphatic imine (C=N–C) groups is 1. The van der Waals surface area contributed by atoms with Crippen molar-refractivity contribution in [1.29, 1.82) is 0 Å². The summed E-state index contributed by atoms with van der Waals surface area (Å²) in [5.41, 5.74) is 1.01. The van der Waals surface area contributed by atoms with Crippen molar-refractivity contribution in [1.82, 2.24) is 15.5 Å². The average molecular weight is 478 g/mol. The zero-order chi connectivity index (χ0) is 18.1. The molecule has 1 aromatic carbocycles. The van der Waals surface area contributed by atoms with E-state index in [1.165, 1.54) is 0 Å². The van der Waals surface area contributed by atoms with E-state index < -0.39 is 0 Å². The molecule has 148 valence electrons. The smallest absolute Gasteiger partial charge is 0.191 e. The van der Waals surface area contributed by atoms with Crippen LogP contribution >= 0.6 is 24.0 Å². The number of halogens is 1. The van der Waals surface area contributed by atoms with E-state index in [0.29, 0.717) is 6.54 Å². The molecule has 0 radical (unpaired) electrons. The van der Waals surface area contributed by atoms with Crippen molar-refractivity contribution in [3.8, 4) is 11.5 Å². The van der Waals surface area contributed by atoms with Gasteiger partial charge in [0.2, 0.25) is 0 Å². The SMILES string of the molecule is CCNC(=NCc1ccc(OC)cc1OC)NCC1CN(C)CCO1.I. The van der Waals surface area contributed by atoms with Crippen LogP contribution in [0.5, 0.6) is 11.5 Å². The van der Waals surface area contributed by atoms with Gasteiger partial charge in [-0.05, 0) is 26.1 Å². The van der Waals surface area contributed by atoms with E-state index in [-0.39, 0.29) is 30.1 Å². The van der Waals surface area contributed by atoms with Gasteiger partial charge in [0.15, 0.2) is 5.96 Å². The van der Waals surface area contributed by atoms with Gasteiger partial charge in [-0.15, -0.1) is 24.0 Å². The number of nitrogens with one attached hydrogen (secondary N) is 2. The molecule has 1 fully saturated rings. The Balaban J connectivity index is 0.00000338. The van der Waals surface area contributed by atoms with Gasteiger partial charge in [0.1, 0.15) is 11.5 Å². The Morgan fingerprint density at radius 1 is 1.31 bits per heavy atom. The third-order valence-corrected chi connectivity index (χ3v) is 4.09. The lowest BCUT2D eigenvalue weighted by Crippen LogP contribution is -2.48. The molecule has 26 heavy (non-hydrogen) atoms. The number of ether oxygens (including phenoxy) is 3. The number of benzene rings is 1. The van der Waals surface area contributed by atoms with Gasteiger partial charge in [0, 0.05) is 37.8 Å². The minimum absolute atomic E-state index is 0. The number of likely N-dealkylation sites (N-methyl/N-ethyl adjacent to an activating group) is 1. The molecule has 0 bridgehead atoms. The molecule has 1 saturated heterocycles. The highest BCUT2D eigenvalue weighted by molar-refractivity contribution is 14.0. The minimum atomic E-state index is 0. The monoisotopic (exact) mass is 478 g/mol. The lowest BCUT2D eigenvalue weighted by atomic mass is 10.2. The summed E-state index contributed by atoms with van der Waals surface area (Å²) >= 11 is 0. The number of hydrogen-bond donors (Lipinski definition) is 2. The first kappa shape index (κ1) is 22.8. The van der Waals surface area contributed by atoms with E-state index in [9.17, 15) is 0 Å². The normalized spacial score (nSPS) is 18.0. The molecule has 0 aliphatic carbocycles. The summed E-state index contributed by atoms with van der Waals surface area (Å²) in [5, 5.41) is 6.63. The van der Waals surface area contributed by atoms with Gasteiger partial charge < -0.3 is 29.7 Å². The number of rotatable bonds is 7. The fourth-order valence-corrected chi connectivity index (χ4v) is 2.69. The molecule has 2 N–H and O–H groups in total. The zero-order valence-corrected chi connectivity index (χ0v) is 18.4. The van der Waals surface area contributed by atoms with Crippen molar-refractivity contribution in [3.63, 3.8) is 0 Å². The van der Waals surface area contributed by atoms with Gasteiger partial charge in [-0.1, -0.05) is 0 Å². The fourth-order valence-electron chi connectivity index (χ4n) is 2.69. The molecule has 1 heterocycles. The Kier molecular flexibility index (Phi) is 10.7. The molecule has 1 aliphatic rings.